The minimum absolute atomic E-state index is 0. The standard InChI is InChI=1S/C10H10O.2BrH/c1-9(11)7-8-10-5-3-2-4-6-10;;/h2-8H,1H3;2*1H. The molecule has 0 bridgehead atoms. The number of carbonyl (C=O) groups excluding carboxylic acids is 1. The van der Waals surface area contributed by atoms with Gasteiger partial charge in [0.05, 0.1) is 0 Å². The smallest absolute Gasteiger partial charge is 0.152 e. The second kappa shape index (κ2) is 8.20. The van der Waals surface area contributed by atoms with E-state index in [1.165, 1.54) is 0 Å². The molecule has 0 fully saturated rings. The largest absolute Gasteiger partial charge is 0.295 e. The SMILES string of the molecule is Br.Br.CC(=O)C=Cc1ccccc1. The molecule has 0 aliphatic heterocycles. The first-order valence-corrected chi connectivity index (χ1v) is 3.53. The summed E-state index contributed by atoms with van der Waals surface area (Å²) in [5.41, 5.74) is 1.06. The van der Waals surface area contributed by atoms with Gasteiger partial charge < -0.3 is 0 Å². The van der Waals surface area contributed by atoms with Crippen LogP contribution in [0.3, 0.4) is 0 Å². The van der Waals surface area contributed by atoms with Crippen LogP contribution in [-0.2, 0) is 4.79 Å². The summed E-state index contributed by atoms with van der Waals surface area (Å²) in [6.45, 7) is 1.54. The number of hydrogen-bond donors (Lipinski definition) is 0. The molecule has 0 saturated heterocycles. The third-order valence-electron chi connectivity index (χ3n) is 1.31. The van der Waals surface area contributed by atoms with E-state index in [-0.39, 0.29) is 39.7 Å². The van der Waals surface area contributed by atoms with E-state index in [9.17, 15) is 4.79 Å². The summed E-state index contributed by atoms with van der Waals surface area (Å²) in [5, 5.41) is 0. The Labute approximate surface area is 99.4 Å². The molecule has 3 heteroatoms. The van der Waals surface area contributed by atoms with Gasteiger partial charge in [-0.05, 0) is 18.6 Å². The van der Waals surface area contributed by atoms with Crippen molar-refractivity contribution in [3.63, 3.8) is 0 Å². The number of carbonyl (C=O) groups is 1. The monoisotopic (exact) mass is 306 g/mol. The molecule has 0 heterocycles. The summed E-state index contributed by atoms with van der Waals surface area (Å²) in [6, 6.07) is 9.75. The van der Waals surface area contributed by atoms with Crippen LogP contribution in [0.15, 0.2) is 36.4 Å². The van der Waals surface area contributed by atoms with E-state index < -0.39 is 0 Å². The van der Waals surface area contributed by atoms with Gasteiger partial charge >= 0.3 is 0 Å². The van der Waals surface area contributed by atoms with Crippen molar-refractivity contribution in [1.82, 2.24) is 0 Å². The van der Waals surface area contributed by atoms with Crippen LogP contribution < -0.4 is 0 Å². The summed E-state index contributed by atoms with van der Waals surface area (Å²) in [6.07, 6.45) is 3.37. The first-order chi connectivity index (χ1) is 5.29. The van der Waals surface area contributed by atoms with Crippen molar-refractivity contribution < 1.29 is 4.79 Å². The lowest BCUT2D eigenvalue weighted by molar-refractivity contribution is -0.112. The Bertz CT molecular complexity index is 268. The fraction of sp³-hybridized carbons (Fsp3) is 0.100. The lowest BCUT2D eigenvalue weighted by atomic mass is 10.2. The molecule has 1 aromatic rings. The highest BCUT2D eigenvalue weighted by Gasteiger charge is 1.83. The minimum atomic E-state index is 0. The molecule has 0 radical (unpaired) electrons. The Kier molecular flexibility index (Phi) is 9.51. The molecule has 0 saturated carbocycles. The fourth-order valence-electron chi connectivity index (χ4n) is 0.778. The van der Waals surface area contributed by atoms with Crippen LogP contribution in [0.5, 0.6) is 0 Å². The van der Waals surface area contributed by atoms with Gasteiger partial charge in [0.1, 0.15) is 0 Å². The van der Waals surface area contributed by atoms with Crippen molar-refractivity contribution >= 4 is 45.8 Å². The second-order valence-corrected chi connectivity index (χ2v) is 2.35. The minimum Gasteiger partial charge on any atom is -0.295 e. The summed E-state index contributed by atoms with van der Waals surface area (Å²) in [4.78, 5) is 10.5. The van der Waals surface area contributed by atoms with Crippen LogP contribution in [0.2, 0.25) is 0 Å². The van der Waals surface area contributed by atoms with Gasteiger partial charge in [0, 0.05) is 0 Å². The molecule has 0 spiro atoms. The maximum absolute atomic E-state index is 10.5. The van der Waals surface area contributed by atoms with Gasteiger partial charge in [-0.25, -0.2) is 0 Å². The third kappa shape index (κ3) is 6.72. The Hall–Kier alpha value is -0.410. The number of allylic oxidation sites excluding steroid dienone is 1. The van der Waals surface area contributed by atoms with Crippen LogP contribution in [0.25, 0.3) is 6.08 Å². The van der Waals surface area contributed by atoms with E-state index in [1.807, 2.05) is 36.4 Å². The molecule has 0 aliphatic rings. The van der Waals surface area contributed by atoms with Crippen LogP contribution in [0.4, 0.5) is 0 Å². The predicted octanol–water partition coefficient (Wildman–Crippen LogP) is 3.44. The Morgan fingerprint density at radius 1 is 1.15 bits per heavy atom. The van der Waals surface area contributed by atoms with Crippen LogP contribution in [0.1, 0.15) is 12.5 Å². The number of ketones is 1. The van der Waals surface area contributed by atoms with Crippen molar-refractivity contribution in [3.05, 3.63) is 42.0 Å². The maximum Gasteiger partial charge on any atom is 0.152 e. The van der Waals surface area contributed by atoms with Gasteiger partial charge in [-0.3, -0.25) is 4.79 Å². The quantitative estimate of drug-likeness (QED) is 0.765. The van der Waals surface area contributed by atoms with Crippen molar-refractivity contribution in [2.75, 3.05) is 0 Å². The van der Waals surface area contributed by atoms with Gasteiger partial charge in [0.2, 0.25) is 0 Å². The highest BCUT2D eigenvalue weighted by molar-refractivity contribution is 8.93. The summed E-state index contributed by atoms with van der Waals surface area (Å²) >= 11 is 0. The molecule has 0 atom stereocenters. The fourth-order valence-corrected chi connectivity index (χ4v) is 0.778. The zero-order chi connectivity index (χ0) is 8.10. The van der Waals surface area contributed by atoms with E-state index in [4.69, 9.17) is 0 Å². The first-order valence-electron chi connectivity index (χ1n) is 3.53. The molecule has 0 aromatic heterocycles. The van der Waals surface area contributed by atoms with Crippen molar-refractivity contribution in [2.45, 2.75) is 6.92 Å². The normalized spacial score (nSPS) is 8.69. The van der Waals surface area contributed by atoms with Crippen LogP contribution in [0, 0.1) is 0 Å². The molecule has 72 valence electrons. The lowest BCUT2D eigenvalue weighted by Crippen LogP contribution is -1.79. The maximum atomic E-state index is 10.5. The molecule has 0 aliphatic carbocycles. The summed E-state index contributed by atoms with van der Waals surface area (Å²) < 4.78 is 0. The topological polar surface area (TPSA) is 17.1 Å². The number of rotatable bonds is 2. The number of hydrogen-bond acceptors (Lipinski definition) is 1. The molecule has 1 aromatic carbocycles. The zero-order valence-corrected chi connectivity index (χ0v) is 10.7. The van der Waals surface area contributed by atoms with Crippen molar-refractivity contribution in [3.8, 4) is 0 Å². The molecule has 0 amide bonds. The Balaban J connectivity index is 0. The van der Waals surface area contributed by atoms with E-state index in [0.717, 1.165) is 5.56 Å². The van der Waals surface area contributed by atoms with E-state index in [0.29, 0.717) is 0 Å². The molecule has 0 N–H and O–H groups in total. The molecule has 1 rings (SSSR count). The average Bonchev–Trinajstić information content (AvgIpc) is 2.03. The second-order valence-electron chi connectivity index (χ2n) is 2.35. The van der Waals surface area contributed by atoms with Crippen molar-refractivity contribution in [1.29, 1.82) is 0 Å². The van der Waals surface area contributed by atoms with Gasteiger partial charge in [0.25, 0.3) is 0 Å². The summed E-state index contributed by atoms with van der Waals surface area (Å²) in [7, 11) is 0. The van der Waals surface area contributed by atoms with E-state index in [1.54, 1.807) is 13.0 Å². The van der Waals surface area contributed by atoms with Gasteiger partial charge in [-0.15, -0.1) is 34.0 Å². The zero-order valence-electron chi connectivity index (χ0n) is 7.27. The molecule has 0 unspecified atom stereocenters. The molecular weight excluding hydrogens is 296 g/mol. The predicted molar refractivity (Wildman–Crippen MR) is 66.8 cm³/mol. The van der Waals surface area contributed by atoms with Crippen LogP contribution >= 0.6 is 34.0 Å². The average molecular weight is 308 g/mol. The van der Waals surface area contributed by atoms with E-state index >= 15 is 0 Å². The Morgan fingerprint density at radius 2 is 1.69 bits per heavy atom. The van der Waals surface area contributed by atoms with Gasteiger partial charge in [-0.2, -0.15) is 0 Å². The highest BCUT2D eigenvalue weighted by Crippen LogP contribution is 2.00. The number of benzene rings is 1. The molecule has 1 nitrogen and oxygen atoms in total. The third-order valence-corrected chi connectivity index (χ3v) is 1.31. The Morgan fingerprint density at radius 3 is 2.15 bits per heavy atom. The van der Waals surface area contributed by atoms with Crippen molar-refractivity contribution in [2.24, 2.45) is 0 Å². The van der Waals surface area contributed by atoms with Gasteiger partial charge in [-0.1, -0.05) is 36.4 Å². The number of halogens is 2. The van der Waals surface area contributed by atoms with Gasteiger partial charge in [0.15, 0.2) is 5.78 Å². The van der Waals surface area contributed by atoms with E-state index in [2.05, 4.69) is 0 Å². The summed E-state index contributed by atoms with van der Waals surface area (Å²) in [5.74, 6) is 0.0776. The molecule has 13 heavy (non-hydrogen) atoms. The molecular formula is C10H12Br2O. The highest BCUT2D eigenvalue weighted by atomic mass is 79.9. The van der Waals surface area contributed by atoms with Crippen LogP contribution in [-0.4, -0.2) is 5.78 Å². The lowest BCUT2D eigenvalue weighted by Gasteiger charge is -1.88. The first kappa shape index (κ1) is 15.1.